The van der Waals surface area contributed by atoms with Crippen LogP contribution in [0.25, 0.3) is 0 Å². The van der Waals surface area contributed by atoms with E-state index < -0.39 is 0 Å². The van der Waals surface area contributed by atoms with Gasteiger partial charge in [-0.3, -0.25) is 0 Å². The summed E-state index contributed by atoms with van der Waals surface area (Å²) in [4.78, 5) is 2.39. The highest BCUT2D eigenvalue weighted by Crippen LogP contribution is 2.45. The van der Waals surface area contributed by atoms with Gasteiger partial charge in [-0.2, -0.15) is 0 Å². The molecule has 1 saturated heterocycles. The molecule has 3 rings (SSSR count). The van der Waals surface area contributed by atoms with Crippen LogP contribution in [0.15, 0.2) is 42.5 Å². The number of benzene rings is 2. The third kappa shape index (κ3) is 3.74. The Morgan fingerprint density at radius 1 is 1.04 bits per heavy atom. The zero-order chi connectivity index (χ0) is 18.6. The van der Waals surface area contributed by atoms with Crippen LogP contribution in [0.3, 0.4) is 0 Å². The predicted octanol–water partition coefficient (Wildman–Crippen LogP) is 3.70. The Hall–Kier alpha value is -1.98. The van der Waals surface area contributed by atoms with E-state index in [0.29, 0.717) is 12.3 Å². The Labute approximate surface area is 153 Å². The first kappa shape index (κ1) is 18.8. The van der Waals surface area contributed by atoms with Crippen molar-refractivity contribution in [3.63, 3.8) is 0 Å². The molecule has 0 aromatic heterocycles. The van der Waals surface area contributed by atoms with Crippen LogP contribution in [0, 0.1) is 11.6 Å². The average Bonchev–Trinajstić information content (AvgIpc) is 2.67. The highest BCUT2D eigenvalue weighted by atomic mass is 19.1. The molecule has 0 spiro atoms. The molecule has 140 valence electrons. The summed E-state index contributed by atoms with van der Waals surface area (Å²) in [6.07, 6.45) is 2.61. The monoisotopic (exact) mass is 360 g/mol. The first-order valence-corrected chi connectivity index (χ1v) is 9.11. The second kappa shape index (κ2) is 8.14. The van der Waals surface area contributed by atoms with Crippen molar-refractivity contribution < 1.29 is 13.5 Å². The zero-order valence-electron chi connectivity index (χ0n) is 15.2. The molecule has 1 aliphatic rings. The zero-order valence-corrected chi connectivity index (χ0v) is 15.2. The van der Waals surface area contributed by atoms with E-state index in [0.717, 1.165) is 50.0 Å². The van der Waals surface area contributed by atoms with Crippen molar-refractivity contribution in [2.24, 2.45) is 5.73 Å². The summed E-state index contributed by atoms with van der Waals surface area (Å²) in [6.45, 7) is 3.42. The Morgan fingerprint density at radius 3 is 2.31 bits per heavy atom. The SMILES string of the molecule is COc1ccc(F)cc1C1(c2ccc(F)cc2)CCN(CCCN)CC1. The third-order valence-corrected chi connectivity index (χ3v) is 5.46. The van der Waals surface area contributed by atoms with Gasteiger partial charge in [0.25, 0.3) is 0 Å². The van der Waals surface area contributed by atoms with E-state index in [1.165, 1.54) is 18.2 Å². The topological polar surface area (TPSA) is 38.5 Å². The molecule has 0 atom stereocenters. The molecule has 5 heteroatoms. The van der Waals surface area contributed by atoms with Gasteiger partial charge < -0.3 is 15.4 Å². The quantitative estimate of drug-likeness (QED) is 0.854. The highest BCUT2D eigenvalue weighted by molar-refractivity contribution is 5.48. The van der Waals surface area contributed by atoms with Gasteiger partial charge in [0, 0.05) is 11.0 Å². The van der Waals surface area contributed by atoms with Crippen LogP contribution in [-0.2, 0) is 5.41 Å². The molecule has 2 aromatic carbocycles. The molecule has 0 aliphatic carbocycles. The van der Waals surface area contributed by atoms with Crippen molar-refractivity contribution in [3.8, 4) is 5.75 Å². The number of nitrogens with zero attached hydrogens (tertiary/aromatic N) is 1. The number of methoxy groups -OCH3 is 1. The van der Waals surface area contributed by atoms with Gasteiger partial charge in [-0.1, -0.05) is 12.1 Å². The molecular formula is C21H26F2N2O. The minimum atomic E-state index is -0.389. The second-order valence-electron chi connectivity index (χ2n) is 6.92. The van der Waals surface area contributed by atoms with E-state index in [1.54, 1.807) is 19.2 Å². The lowest BCUT2D eigenvalue weighted by molar-refractivity contribution is 0.176. The molecule has 0 bridgehead atoms. The fraction of sp³-hybridized carbons (Fsp3) is 0.429. The van der Waals surface area contributed by atoms with Gasteiger partial charge in [0.15, 0.2) is 0 Å². The van der Waals surface area contributed by atoms with Crippen LogP contribution >= 0.6 is 0 Å². The number of piperidine rings is 1. The van der Waals surface area contributed by atoms with Crippen molar-refractivity contribution in [2.75, 3.05) is 33.3 Å². The first-order valence-electron chi connectivity index (χ1n) is 9.11. The first-order chi connectivity index (χ1) is 12.6. The lowest BCUT2D eigenvalue weighted by atomic mass is 9.67. The molecule has 2 N–H and O–H groups in total. The summed E-state index contributed by atoms with van der Waals surface area (Å²) in [5.74, 6) is 0.120. The number of nitrogens with two attached hydrogens (primary N) is 1. The van der Waals surface area contributed by atoms with Crippen molar-refractivity contribution in [1.29, 1.82) is 0 Å². The summed E-state index contributed by atoms with van der Waals surface area (Å²) in [7, 11) is 1.60. The molecular weight excluding hydrogens is 334 g/mol. The molecule has 1 heterocycles. The molecule has 0 radical (unpaired) electrons. The minimum absolute atomic E-state index is 0.268. The van der Waals surface area contributed by atoms with E-state index in [-0.39, 0.29) is 17.0 Å². The molecule has 0 unspecified atom stereocenters. The van der Waals surface area contributed by atoms with Crippen molar-refractivity contribution in [1.82, 2.24) is 4.90 Å². The summed E-state index contributed by atoms with van der Waals surface area (Å²) < 4.78 is 33.1. The maximum Gasteiger partial charge on any atom is 0.123 e. The Balaban J connectivity index is 2.01. The number of hydrogen-bond donors (Lipinski definition) is 1. The minimum Gasteiger partial charge on any atom is -0.496 e. The van der Waals surface area contributed by atoms with E-state index in [4.69, 9.17) is 10.5 Å². The number of halogens is 2. The van der Waals surface area contributed by atoms with Crippen molar-refractivity contribution in [2.45, 2.75) is 24.7 Å². The van der Waals surface area contributed by atoms with Crippen molar-refractivity contribution in [3.05, 3.63) is 65.2 Å². The van der Waals surface area contributed by atoms with Gasteiger partial charge >= 0.3 is 0 Å². The van der Waals surface area contributed by atoms with Gasteiger partial charge in [0.2, 0.25) is 0 Å². The van der Waals surface area contributed by atoms with Crippen LogP contribution in [0.4, 0.5) is 8.78 Å². The van der Waals surface area contributed by atoms with E-state index in [1.807, 2.05) is 12.1 Å². The molecule has 1 fully saturated rings. The van der Waals surface area contributed by atoms with Crippen LogP contribution in [-0.4, -0.2) is 38.2 Å². The Bertz CT molecular complexity index is 725. The average molecular weight is 360 g/mol. The fourth-order valence-corrected chi connectivity index (χ4v) is 4.01. The number of hydrogen-bond acceptors (Lipinski definition) is 3. The standard InChI is InChI=1S/C21H26F2N2O/c1-26-20-8-7-18(23)15-19(20)21(16-3-5-17(22)6-4-16)9-13-25(14-10-21)12-2-11-24/h3-8,15H,2,9-14,24H2,1H3. The van der Waals surface area contributed by atoms with Gasteiger partial charge in [-0.25, -0.2) is 8.78 Å². The largest absolute Gasteiger partial charge is 0.496 e. The molecule has 26 heavy (non-hydrogen) atoms. The van der Waals surface area contributed by atoms with Gasteiger partial charge in [-0.15, -0.1) is 0 Å². The normalized spacial score (nSPS) is 17.2. The molecule has 2 aromatic rings. The van der Waals surface area contributed by atoms with E-state index in [9.17, 15) is 8.78 Å². The van der Waals surface area contributed by atoms with E-state index in [2.05, 4.69) is 4.90 Å². The van der Waals surface area contributed by atoms with Crippen LogP contribution in [0.5, 0.6) is 5.75 Å². The number of rotatable bonds is 6. The summed E-state index contributed by atoms with van der Waals surface area (Å²) in [5, 5.41) is 0. The Kier molecular flexibility index (Phi) is 5.89. The Morgan fingerprint density at radius 2 is 1.69 bits per heavy atom. The van der Waals surface area contributed by atoms with Gasteiger partial charge in [0.1, 0.15) is 17.4 Å². The summed E-state index contributed by atoms with van der Waals surface area (Å²) in [6, 6.07) is 11.2. The van der Waals surface area contributed by atoms with Gasteiger partial charge in [0.05, 0.1) is 7.11 Å². The fourth-order valence-electron chi connectivity index (χ4n) is 4.01. The maximum atomic E-state index is 14.1. The number of ether oxygens (including phenoxy) is 1. The lowest BCUT2D eigenvalue weighted by Crippen LogP contribution is -2.44. The second-order valence-corrected chi connectivity index (χ2v) is 6.92. The predicted molar refractivity (Wildman–Crippen MR) is 99.5 cm³/mol. The van der Waals surface area contributed by atoms with E-state index >= 15 is 0 Å². The highest BCUT2D eigenvalue weighted by Gasteiger charge is 2.40. The van der Waals surface area contributed by atoms with Crippen LogP contribution < -0.4 is 10.5 Å². The number of likely N-dealkylation sites (tertiary alicyclic amines) is 1. The summed E-state index contributed by atoms with van der Waals surface area (Å²) in [5.41, 5.74) is 7.08. The molecule has 1 aliphatic heterocycles. The third-order valence-electron chi connectivity index (χ3n) is 5.46. The summed E-state index contributed by atoms with van der Waals surface area (Å²) >= 11 is 0. The lowest BCUT2D eigenvalue weighted by Gasteiger charge is -2.43. The maximum absolute atomic E-state index is 14.1. The molecule has 0 amide bonds. The van der Waals surface area contributed by atoms with Crippen molar-refractivity contribution >= 4 is 0 Å². The van der Waals surface area contributed by atoms with Crippen LogP contribution in [0.2, 0.25) is 0 Å². The van der Waals surface area contributed by atoms with Gasteiger partial charge in [-0.05, 0) is 81.3 Å². The van der Waals surface area contributed by atoms with Crippen LogP contribution in [0.1, 0.15) is 30.4 Å². The molecule has 0 saturated carbocycles. The smallest absolute Gasteiger partial charge is 0.123 e. The molecule has 3 nitrogen and oxygen atoms in total.